The van der Waals surface area contributed by atoms with Crippen molar-refractivity contribution in [3.63, 3.8) is 0 Å². The van der Waals surface area contributed by atoms with Crippen molar-refractivity contribution in [3.8, 4) is 11.5 Å². The Morgan fingerprint density at radius 2 is 1.94 bits per heavy atom. The Labute approximate surface area is 101 Å². The predicted molar refractivity (Wildman–Crippen MR) is 63.6 cm³/mol. The van der Waals surface area contributed by atoms with Crippen LogP contribution in [0.25, 0.3) is 0 Å². The summed E-state index contributed by atoms with van der Waals surface area (Å²) in [5, 5.41) is 9.27. The molecule has 4 heteroatoms. The lowest BCUT2D eigenvalue weighted by atomic mass is 9.95. The molecule has 1 unspecified atom stereocenters. The van der Waals surface area contributed by atoms with E-state index in [-0.39, 0.29) is 12.5 Å². The van der Waals surface area contributed by atoms with Gasteiger partial charge in [-0.25, -0.2) is 0 Å². The van der Waals surface area contributed by atoms with Gasteiger partial charge < -0.3 is 19.3 Å². The van der Waals surface area contributed by atoms with Crippen molar-refractivity contribution >= 4 is 0 Å². The number of fused-ring (bicyclic) bond motifs is 1. The Balaban J connectivity index is 2.40. The first kappa shape index (κ1) is 12.2. The highest BCUT2D eigenvalue weighted by Gasteiger charge is 2.18. The lowest BCUT2D eigenvalue weighted by molar-refractivity contribution is 0.166. The standard InChI is InChI=1S/C13H18O4/c1-9(7-14)11-6-13-12(16-3-4-17-13)5-10(11)8-15-2/h5-6,9,14H,3-4,7-8H2,1-2H3. The summed E-state index contributed by atoms with van der Waals surface area (Å²) in [4.78, 5) is 0. The van der Waals surface area contributed by atoms with E-state index in [1.54, 1.807) is 7.11 Å². The number of rotatable bonds is 4. The molecule has 0 fully saturated rings. The third-order valence-corrected chi connectivity index (χ3v) is 2.91. The first-order chi connectivity index (χ1) is 8.26. The van der Waals surface area contributed by atoms with E-state index in [1.807, 2.05) is 19.1 Å². The van der Waals surface area contributed by atoms with Gasteiger partial charge >= 0.3 is 0 Å². The maximum atomic E-state index is 9.27. The molecule has 0 aliphatic carbocycles. The largest absolute Gasteiger partial charge is 0.486 e. The van der Waals surface area contributed by atoms with Crippen molar-refractivity contribution in [2.24, 2.45) is 0 Å². The molecule has 0 spiro atoms. The lowest BCUT2D eigenvalue weighted by Crippen LogP contribution is -2.17. The summed E-state index contributed by atoms with van der Waals surface area (Å²) >= 11 is 0. The molecule has 1 aliphatic heterocycles. The van der Waals surface area contributed by atoms with Crippen molar-refractivity contribution in [1.82, 2.24) is 0 Å². The average Bonchev–Trinajstić information content (AvgIpc) is 2.37. The first-order valence-electron chi connectivity index (χ1n) is 5.78. The van der Waals surface area contributed by atoms with Gasteiger partial charge in [0.25, 0.3) is 0 Å². The van der Waals surface area contributed by atoms with Gasteiger partial charge in [-0.2, -0.15) is 0 Å². The fourth-order valence-corrected chi connectivity index (χ4v) is 1.98. The quantitative estimate of drug-likeness (QED) is 0.867. The van der Waals surface area contributed by atoms with Gasteiger partial charge in [-0.15, -0.1) is 0 Å². The molecular formula is C13H18O4. The highest BCUT2D eigenvalue weighted by molar-refractivity contribution is 5.49. The van der Waals surface area contributed by atoms with Crippen LogP contribution >= 0.6 is 0 Å². The van der Waals surface area contributed by atoms with Gasteiger partial charge in [0.15, 0.2) is 11.5 Å². The maximum absolute atomic E-state index is 9.27. The number of benzene rings is 1. The second-order valence-electron chi connectivity index (χ2n) is 4.21. The number of ether oxygens (including phenoxy) is 3. The van der Waals surface area contributed by atoms with Gasteiger partial charge in [0.05, 0.1) is 6.61 Å². The Bertz CT molecular complexity index is 389. The fourth-order valence-electron chi connectivity index (χ4n) is 1.98. The van der Waals surface area contributed by atoms with Crippen molar-refractivity contribution < 1.29 is 19.3 Å². The van der Waals surface area contributed by atoms with Gasteiger partial charge in [0.1, 0.15) is 13.2 Å². The number of methoxy groups -OCH3 is 1. The van der Waals surface area contributed by atoms with Gasteiger partial charge in [-0.1, -0.05) is 6.92 Å². The second kappa shape index (κ2) is 5.38. The molecule has 1 atom stereocenters. The topological polar surface area (TPSA) is 47.9 Å². The smallest absolute Gasteiger partial charge is 0.161 e. The molecule has 1 N–H and O–H groups in total. The van der Waals surface area contributed by atoms with E-state index >= 15 is 0 Å². The molecule has 1 aromatic rings. The zero-order chi connectivity index (χ0) is 12.3. The minimum absolute atomic E-state index is 0.0657. The maximum Gasteiger partial charge on any atom is 0.161 e. The SMILES string of the molecule is COCc1cc2c(cc1C(C)CO)OCCO2. The molecule has 0 saturated carbocycles. The minimum Gasteiger partial charge on any atom is -0.486 e. The summed E-state index contributed by atoms with van der Waals surface area (Å²) in [7, 11) is 1.66. The Morgan fingerprint density at radius 1 is 1.29 bits per heavy atom. The molecule has 1 aliphatic rings. The average molecular weight is 238 g/mol. The van der Waals surface area contributed by atoms with E-state index in [1.165, 1.54) is 0 Å². The zero-order valence-electron chi connectivity index (χ0n) is 10.2. The molecular weight excluding hydrogens is 220 g/mol. The first-order valence-corrected chi connectivity index (χ1v) is 5.78. The van der Waals surface area contributed by atoms with E-state index in [4.69, 9.17) is 14.2 Å². The van der Waals surface area contributed by atoms with Crippen LogP contribution in [0.5, 0.6) is 11.5 Å². The van der Waals surface area contributed by atoms with Crippen molar-refractivity contribution in [2.45, 2.75) is 19.4 Å². The van der Waals surface area contributed by atoms with Crippen LogP contribution in [0, 0.1) is 0 Å². The molecule has 17 heavy (non-hydrogen) atoms. The summed E-state index contributed by atoms with van der Waals surface area (Å²) in [5.41, 5.74) is 2.09. The molecule has 0 bridgehead atoms. The van der Waals surface area contributed by atoms with Crippen LogP contribution in [0.2, 0.25) is 0 Å². The van der Waals surface area contributed by atoms with Crippen LogP contribution in [-0.4, -0.2) is 32.0 Å². The van der Waals surface area contributed by atoms with Gasteiger partial charge in [0.2, 0.25) is 0 Å². The van der Waals surface area contributed by atoms with E-state index in [2.05, 4.69) is 0 Å². The molecule has 0 saturated heterocycles. The Morgan fingerprint density at radius 3 is 2.53 bits per heavy atom. The number of aliphatic hydroxyl groups is 1. The van der Waals surface area contributed by atoms with Crippen LogP contribution in [-0.2, 0) is 11.3 Å². The second-order valence-corrected chi connectivity index (χ2v) is 4.21. The third kappa shape index (κ3) is 2.53. The lowest BCUT2D eigenvalue weighted by Gasteiger charge is -2.22. The van der Waals surface area contributed by atoms with Crippen LogP contribution in [0.4, 0.5) is 0 Å². The van der Waals surface area contributed by atoms with Gasteiger partial charge in [-0.3, -0.25) is 0 Å². The fraction of sp³-hybridized carbons (Fsp3) is 0.538. The van der Waals surface area contributed by atoms with E-state index in [0.717, 1.165) is 22.6 Å². The van der Waals surface area contributed by atoms with Crippen molar-refractivity contribution in [3.05, 3.63) is 23.3 Å². The number of aliphatic hydroxyl groups excluding tert-OH is 1. The molecule has 1 heterocycles. The minimum atomic E-state index is 0.0657. The van der Waals surface area contributed by atoms with E-state index in [9.17, 15) is 5.11 Å². The van der Waals surface area contributed by atoms with Crippen LogP contribution in [0.3, 0.4) is 0 Å². The number of hydrogen-bond donors (Lipinski definition) is 1. The molecule has 0 amide bonds. The van der Waals surface area contributed by atoms with Gasteiger partial charge in [0, 0.05) is 19.6 Å². The summed E-state index contributed by atoms with van der Waals surface area (Å²) in [6.07, 6.45) is 0. The highest BCUT2D eigenvalue weighted by atomic mass is 16.6. The van der Waals surface area contributed by atoms with Crippen LogP contribution in [0.15, 0.2) is 12.1 Å². The van der Waals surface area contributed by atoms with Crippen molar-refractivity contribution in [1.29, 1.82) is 0 Å². The summed E-state index contributed by atoms with van der Waals surface area (Å²) in [5.74, 6) is 1.58. The van der Waals surface area contributed by atoms with E-state index in [0.29, 0.717) is 19.8 Å². The monoisotopic (exact) mass is 238 g/mol. The normalized spacial score (nSPS) is 15.7. The van der Waals surface area contributed by atoms with Crippen molar-refractivity contribution in [2.75, 3.05) is 26.9 Å². The molecule has 2 rings (SSSR count). The molecule has 0 radical (unpaired) electrons. The summed E-state index contributed by atoms with van der Waals surface area (Å²) in [6, 6.07) is 3.89. The Hall–Kier alpha value is -1.26. The predicted octanol–water partition coefficient (Wildman–Crippen LogP) is 1.70. The van der Waals surface area contributed by atoms with E-state index < -0.39 is 0 Å². The molecule has 4 nitrogen and oxygen atoms in total. The zero-order valence-corrected chi connectivity index (χ0v) is 10.2. The summed E-state index contributed by atoms with van der Waals surface area (Å²) < 4.78 is 16.3. The molecule has 1 aromatic carbocycles. The third-order valence-electron chi connectivity index (χ3n) is 2.91. The highest BCUT2D eigenvalue weighted by Crippen LogP contribution is 2.36. The van der Waals surface area contributed by atoms with Crippen LogP contribution < -0.4 is 9.47 Å². The molecule has 94 valence electrons. The van der Waals surface area contributed by atoms with Crippen LogP contribution in [0.1, 0.15) is 24.0 Å². The molecule has 0 aromatic heterocycles. The van der Waals surface area contributed by atoms with Gasteiger partial charge in [-0.05, 0) is 23.3 Å². The Kier molecular flexibility index (Phi) is 3.86. The number of hydrogen-bond acceptors (Lipinski definition) is 4. The summed E-state index contributed by atoms with van der Waals surface area (Å²) in [6.45, 7) is 3.75.